The van der Waals surface area contributed by atoms with Crippen molar-refractivity contribution in [2.45, 2.75) is 18.9 Å². The Labute approximate surface area is 152 Å². The summed E-state index contributed by atoms with van der Waals surface area (Å²) in [7, 11) is 0. The first-order chi connectivity index (χ1) is 12.6. The SMILES string of the molecule is O=C(ON1C(=O)c2ccccc2C1=O)C1CCCN1C(=O)c1cccs1. The van der Waals surface area contributed by atoms with Crippen molar-refractivity contribution in [2.24, 2.45) is 0 Å². The molecule has 26 heavy (non-hydrogen) atoms. The predicted octanol–water partition coefficient (Wildman–Crippen LogP) is 2.11. The van der Waals surface area contributed by atoms with Gasteiger partial charge in [-0.25, -0.2) is 4.79 Å². The number of fused-ring (bicyclic) bond motifs is 1. The third kappa shape index (κ3) is 2.59. The quantitative estimate of drug-likeness (QED) is 0.773. The number of carbonyl (C=O) groups is 4. The molecule has 0 spiro atoms. The van der Waals surface area contributed by atoms with Crippen molar-refractivity contribution in [3.8, 4) is 0 Å². The molecule has 1 aromatic carbocycles. The van der Waals surface area contributed by atoms with Crippen LogP contribution in [-0.4, -0.2) is 46.2 Å². The summed E-state index contributed by atoms with van der Waals surface area (Å²) < 4.78 is 0. The molecule has 1 aromatic heterocycles. The fourth-order valence-electron chi connectivity index (χ4n) is 3.20. The van der Waals surface area contributed by atoms with Crippen molar-refractivity contribution in [3.05, 3.63) is 57.8 Å². The van der Waals surface area contributed by atoms with Gasteiger partial charge in [0.05, 0.1) is 16.0 Å². The lowest BCUT2D eigenvalue weighted by Gasteiger charge is -2.23. The Hall–Kier alpha value is -3.00. The van der Waals surface area contributed by atoms with Crippen LogP contribution >= 0.6 is 11.3 Å². The van der Waals surface area contributed by atoms with E-state index in [2.05, 4.69) is 0 Å². The van der Waals surface area contributed by atoms with Gasteiger partial charge in [0.2, 0.25) is 0 Å². The van der Waals surface area contributed by atoms with Gasteiger partial charge in [-0.3, -0.25) is 14.4 Å². The van der Waals surface area contributed by atoms with Gasteiger partial charge in [-0.05, 0) is 36.4 Å². The number of thiophene rings is 1. The molecular weight excluding hydrogens is 356 g/mol. The van der Waals surface area contributed by atoms with Gasteiger partial charge in [-0.2, -0.15) is 0 Å². The van der Waals surface area contributed by atoms with Gasteiger partial charge in [0.15, 0.2) is 0 Å². The highest BCUT2D eigenvalue weighted by Gasteiger charge is 2.42. The third-order valence-corrected chi connectivity index (χ3v) is 5.31. The summed E-state index contributed by atoms with van der Waals surface area (Å²) in [5, 5.41) is 2.27. The largest absolute Gasteiger partial charge is 0.355 e. The molecule has 4 rings (SSSR count). The lowest BCUT2D eigenvalue weighted by Crippen LogP contribution is -2.44. The Morgan fingerprint density at radius 1 is 1.04 bits per heavy atom. The number of hydrogen-bond donors (Lipinski definition) is 0. The second-order valence-electron chi connectivity index (χ2n) is 5.99. The predicted molar refractivity (Wildman–Crippen MR) is 91.4 cm³/mol. The maximum absolute atomic E-state index is 12.6. The van der Waals surface area contributed by atoms with E-state index in [9.17, 15) is 19.2 Å². The van der Waals surface area contributed by atoms with Gasteiger partial charge in [0.1, 0.15) is 6.04 Å². The number of likely N-dealkylation sites (tertiary alicyclic amines) is 1. The summed E-state index contributed by atoms with van der Waals surface area (Å²) in [4.78, 5) is 56.8. The molecule has 2 aliphatic rings. The van der Waals surface area contributed by atoms with Crippen LogP contribution in [0.25, 0.3) is 0 Å². The molecule has 0 N–H and O–H groups in total. The second-order valence-corrected chi connectivity index (χ2v) is 6.94. The normalized spacial score (nSPS) is 19.0. The van der Waals surface area contributed by atoms with Crippen molar-refractivity contribution >= 4 is 35.0 Å². The van der Waals surface area contributed by atoms with Gasteiger partial charge < -0.3 is 9.74 Å². The minimum Gasteiger partial charge on any atom is -0.327 e. The minimum atomic E-state index is -0.811. The molecule has 0 saturated carbocycles. The van der Waals surface area contributed by atoms with Crippen LogP contribution in [0.15, 0.2) is 41.8 Å². The van der Waals surface area contributed by atoms with Crippen LogP contribution in [0.4, 0.5) is 0 Å². The fourth-order valence-corrected chi connectivity index (χ4v) is 3.88. The maximum Gasteiger partial charge on any atom is 0.355 e. The zero-order valence-electron chi connectivity index (χ0n) is 13.6. The van der Waals surface area contributed by atoms with E-state index >= 15 is 0 Å². The molecule has 0 radical (unpaired) electrons. The smallest absolute Gasteiger partial charge is 0.327 e. The molecule has 3 heterocycles. The Morgan fingerprint density at radius 2 is 1.73 bits per heavy atom. The van der Waals surface area contributed by atoms with Crippen molar-refractivity contribution in [1.82, 2.24) is 9.96 Å². The average Bonchev–Trinajstić information content (AvgIpc) is 3.39. The maximum atomic E-state index is 12.6. The number of imide groups is 1. The summed E-state index contributed by atoms with van der Waals surface area (Å²) in [6, 6.07) is 8.92. The third-order valence-electron chi connectivity index (χ3n) is 4.46. The zero-order chi connectivity index (χ0) is 18.3. The lowest BCUT2D eigenvalue weighted by atomic mass is 10.1. The molecule has 1 atom stereocenters. The first-order valence-corrected chi connectivity index (χ1v) is 9.00. The van der Waals surface area contributed by atoms with Crippen molar-refractivity contribution in [2.75, 3.05) is 6.54 Å². The molecule has 1 saturated heterocycles. The van der Waals surface area contributed by atoms with Crippen molar-refractivity contribution in [3.63, 3.8) is 0 Å². The molecule has 0 aliphatic carbocycles. The molecule has 2 aliphatic heterocycles. The zero-order valence-corrected chi connectivity index (χ0v) is 14.4. The first kappa shape index (κ1) is 16.5. The van der Waals surface area contributed by atoms with Crippen molar-refractivity contribution in [1.29, 1.82) is 0 Å². The van der Waals surface area contributed by atoms with Crippen LogP contribution in [0.1, 0.15) is 43.2 Å². The van der Waals surface area contributed by atoms with Gasteiger partial charge >= 0.3 is 5.97 Å². The number of nitrogens with zero attached hydrogens (tertiary/aromatic N) is 2. The highest BCUT2D eigenvalue weighted by atomic mass is 32.1. The van der Waals surface area contributed by atoms with Crippen LogP contribution < -0.4 is 0 Å². The first-order valence-electron chi connectivity index (χ1n) is 8.12. The van der Waals surface area contributed by atoms with E-state index in [1.165, 1.54) is 28.4 Å². The van der Waals surface area contributed by atoms with E-state index in [-0.39, 0.29) is 17.0 Å². The number of benzene rings is 1. The summed E-state index contributed by atoms with van der Waals surface area (Å²) in [5.41, 5.74) is 0.395. The van der Waals surface area contributed by atoms with E-state index < -0.39 is 23.8 Å². The van der Waals surface area contributed by atoms with Crippen LogP contribution in [0.3, 0.4) is 0 Å². The molecule has 1 fully saturated rings. The Morgan fingerprint density at radius 3 is 2.35 bits per heavy atom. The van der Waals surface area contributed by atoms with Crippen molar-refractivity contribution < 1.29 is 24.0 Å². The van der Waals surface area contributed by atoms with Crippen LogP contribution in [0, 0.1) is 0 Å². The average molecular weight is 370 g/mol. The van der Waals surface area contributed by atoms with Gasteiger partial charge in [-0.15, -0.1) is 11.3 Å². The number of carbonyl (C=O) groups excluding carboxylic acids is 4. The number of hydroxylamine groups is 2. The molecule has 8 heteroatoms. The lowest BCUT2D eigenvalue weighted by molar-refractivity contribution is -0.173. The fraction of sp³-hybridized carbons (Fsp3) is 0.222. The topological polar surface area (TPSA) is 84.0 Å². The number of amides is 3. The molecule has 2 aromatic rings. The number of hydrogen-bond acceptors (Lipinski definition) is 6. The van der Waals surface area contributed by atoms with Crippen LogP contribution in [0.5, 0.6) is 0 Å². The summed E-state index contributed by atoms with van der Waals surface area (Å²) in [6.07, 6.45) is 1.08. The molecular formula is C18H14N2O5S. The van der Waals surface area contributed by atoms with E-state index in [1.54, 1.807) is 29.6 Å². The van der Waals surface area contributed by atoms with E-state index in [4.69, 9.17) is 4.84 Å². The summed E-state index contributed by atoms with van der Waals surface area (Å²) >= 11 is 1.29. The summed E-state index contributed by atoms with van der Waals surface area (Å²) in [5.74, 6) is -2.37. The van der Waals surface area contributed by atoms with E-state index in [0.29, 0.717) is 29.3 Å². The Balaban J connectivity index is 1.51. The Kier molecular flexibility index (Phi) is 4.04. The Bertz CT molecular complexity index is 873. The molecule has 132 valence electrons. The molecule has 1 unspecified atom stereocenters. The standard InChI is InChI=1S/C18H14N2O5S/c21-15-11-5-1-2-6-12(11)16(22)20(15)25-18(24)13-7-3-9-19(13)17(23)14-8-4-10-26-14/h1-2,4-6,8,10,13H,3,7,9H2. The van der Waals surface area contributed by atoms with Crippen LogP contribution in [0.2, 0.25) is 0 Å². The number of rotatable bonds is 3. The highest BCUT2D eigenvalue weighted by molar-refractivity contribution is 7.12. The minimum absolute atomic E-state index is 0.197. The monoisotopic (exact) mass is 370 g/mol. The van der Waals surface area contributed by atoms with Gasteiger partial charge in [0, 0.05) is 6.54 Å². The van der Waals surface area contributed by atoms with E-state index in [1.807, 2.05) is 0 Å². The van der Waals surface area contributed by atoms with Crippen LogP contribution in [-0.2, 0) is 9.63 Å². The molecule has 7 nitrogen and oxygen atoms in total. The highest BCUT2D eigenvalue weighted by Crippen LogP contribution is 2.26. The van der Waals surface area contributed by atoms with E-state index in [0.717, 1.165) is 0 Å². The summed E-state index contributed by atoms with van der Waals surface area (Å²) in [6.45, 7) is 0.429. The molecule has 3 amide bonds. The van der Waals surface area contributed by atoms with Gasteiger partial charge in [-0.1, -0.05) is 23.3 Å². The molecule has 0 bridgehead atoms. The second kappa shape index (κ2) is 6.38. The van der Waals surface area contributed by atoms with Gasteiger partial charge in [0.25, 0.3) is 17.7 Å².